The van der Waals surface area contributed by atoms with Crippen LogP contribution in [0, 0.1) is 5.82 Å². The molecule has 1 fully saturated rings. The van der Waals surface area contributed by atoms with Crippen molar-refractivity contribution in [3.8, 4) is 0 Å². The molecule has 0 saturated carbocycles. The van der Waals surface area contributed by atoms with Gasteiger partial charge < -0.3 is 15.5 Å². The molecule has 0 aromatic heterocycles. The van der Waals surface area contributed by atoms with Gasteiger partial charge in [-0.25, -0.2) is 4.39 Å². The third-order valence-electron chi connectivity index (χ3n) is 5.11. The lowest BCUT2D eigenvalue weighted by Gasteiger charge is -2.19. The number of hydrogen-bond acceptors (Lipinski definition) is 3. The number of nitrogens with one attached hydrogen (secondary N) is 2. The van der Waals surface area contributed by atoms with E-state index < -0.39 is 5.91 Å². The van der Waals surface area contributed by atoms with Crippen molar-refractivity contribution in [2.45, 2.75) is 12.8 Å². The molecule has 1 heterocycles. The molecular formula is C24H22FN3O2. The van der Waals surface area contributed by atoms with Gasteiger partial charge in [-0.3, -0.25) is 9.59 Å². The summed E-state index contributed by atoms with van der Waals surface area (Å²) in [6.07, 6.45) is 2.12. The molecule has 1 aliphatic heterocycles. The second kappa shape index (κ2) is 8.78. The van der Waals surface area contributed by atoms with Crippen LogP contribution in [0.4, 0.5) is 21.5 Å². The highest BCUT2D eigenvalue weighted by atomic mass is 19.1. The van der Waals surface area contributed by atoms with E-state index in [9.17, 15) is 14.0 Å². The van der Waals surface area contributed by atoms with E-state index in [1.165, 1.54) is 6.07 Å². The number of carbonyl (C=O) groups excluding carboxylic acids is 2. The van der Waals surface area contributed by atoms with Crippen molar-refractivity contribution in [2.75, 3.05) is 28.6 Å². The molecule has 30 heavy (non-hydrogen) atoms. The van der Waals surface area contributed by atoms with Crippen LogP contribution in [0.2, 0.25) is 0 Å². The molecule has 152 valence electrons. The Morgan fingerprint density at radius 3 is 2.23 bits per heavy atom. The van der Waals surface area contributed by atoms with E-state index in [1.807, 2.05) is 11.0 Å². The monoisotopic (exact) mass is 403 g/mol. The Bertz CT molecular complexity index is 1060. The molecule has 3 aromatic rings. The lowest BCUT2D eigenvalue weighted by Crippen LogP contribution is -2.20. The first-order valence-corrected chi connectivity index (χ1v) is 9.93. The molecule has 4 rings (SSSR count). The highest BCUT2D eigenvalue weighted by molar-refractivity contribution is 6.12. The van der Waals surface area contributed by atoms with Crippen LogP contribution < -0.4 is 15.5 Å². The summed E-state index contributed by atoms with van der Waals surface area (Å²) in [7, 11) is 0. The van der Waals surface area contributed by atoms with Crippen LogP contribution in [0.1, 0.15) is 33.6 Å². The summed E-state index contributed by atoms with van der Waals surface area (Å²) in [6.45, 7) is 1.69. The number of para-hydroxylation sites is 1. The summed E-state index contributed by atoms with van der Waals surface area (Å²) in [5.41, 5.74) is 2.10. The minimum atomic E-state index is -0.424. The van der Waals surface area contributed by atoms with Gasteiger partial charge in [0.1, 0.15) is 5.82 Å². The smallest absolute Gasteiger partial charge is 0.257 e. The number of nitrogens with zero attached hydrogens (tertiary/aromatic N) is 1. The zero-order valence-corrected chi connectivity index (χ0v) is 16.4. The predicted octanol–water partition coefficient (Wildman–Crippen LogP) is 4.93. The Labute approximate surface area is 174 Å². The van der Waals surface area contributed by atoms with E-state index >= 15 is 0 Å². The van der Waals surface area contributed by atoms with Gasteiger partial charge in [0, 0.05) is 24.3 Å². The Morgan fingerprint density at radius 2 is 1.50 bits per heavy atom. The van der Waals surface area contributed by atoms with Gasteiger partial charge in [-0.1, -0.05) is 30.3 Å². The largest absolute Gasteiger partial charge is 0.369 e. The molecule has 0 unspecified atom stereocenters. The Balaban J connectivity index is 1.50. The van der Waals surface area contributed by atoms with Crippen LogP contribution in [-0.4, -0.2) is 24.9 Å². The van der Waals surface area contributed by atoms with Crippen molar-refractivity contribution in [3.63, 3.8) is 0 Å². The van der Waals surface area contributed by atoms with Gasteiger partial charge in [-0.05, 0) is 55.3 Å². The SMILES string of the molecule is O=C(Nc1ccccc1C(=O)Nc1ccc(N2CCCC2)c(F)c1)c1ccccc1. The fraction of sp³-hybridized carbons (Fsp3) is 0.167. The number of amides is 2. The first-order valence-electron chi connectivity index (χ1n) is 9.93. The second-order valence-electron chi connectivity index (χ2n) is 7.18. The lowest BCUT2D eigenvalue weighted by atomic mass is 10.1. The molecule has 3 aromatic carbocycles. The van der Waals surface area contributed by atoms with Gasteiger partial charge in [-0.2, -0.15) is 0 Å². The van der Waals surface area contributed by atoms with Crippen LogP contribution in [0.3, 0.4) is 0 Å². The first kappa shape index (κ1) is 19.6. The molecule has 0 aliphatic carbocycles. The van der Waals surface area contributed by atoms with Crippen molar-refractivity contribution < 1.29 is 14.0 Å². The van der Waals surface area contributed by atoms with Crippen LogP contribution in [0.25, 0.3) is 0 Å². The number of rotatable bonds is 5. The van der Waals surface area contributed by atoms with Gasteiger partial charge >= 0.3 is 0 Å². The second-order valence-corrected chi connectivity index (χ2v) is 7.18. The standard InChI is InChI=1S/C24H22FN3O2/c25-20-16-18(12-13-22(20)28-14-6-7-15-28)26-24(30)19-10-4-5-11-21(19)27-23(29)17-8-2-1-3-9-17/h1-5,8-13,16H,6-7,14-15H2,(H,26,30)(H,27,29). The Kier molecular flexibility index (Phi) is 5.75. The van der Waals surface area contributed by atoms with E-state index in [0.29, 0.717) is 28.2 Å². The molecule has 0 radical (unpaired) electrons. The topological polar surface area (TPSA) is 61.4 Å². The minimum Gasteiger partial charge on any atom is -0.369 e. The molecular weight excluding hydrogens is 381 g/mol. The number of hydrogen-bond donors (Lipinski definition) is 2. The summed E-state index contributed by atoms with van der Waals surface area (Å²) in [5, 5.41) is 5.49. The van der Waals surface area contributed by atoms with Gasteiger partial charge in [0.05, 0.1) is 16.9 Å². The van der Waals surface area contributed by atoms with Crippen molar-refractivity contribution >= 4 is 28.9 Å². The minimum absolute atomic E-state index is 0.297. The maximum absolute atomic E-state index is 14.5. The Morgan fingerprint density at radius 1 is 0.800 bits per heavy atom. The molecule has 1 aliphatic rings. The molecule has 2 N–H and O–H groups in total. The summed E-state index contributed by atoms with van der Waals surface area (Å²) >= 11 is 0. The van der Waals surface area contributed by atoms with Crippen LogP contribution >= 0.6 is 0 Å². The predicted molar refractivity (Wildman–Crippen MR) is 117 cm³/mol. The zero-order valence-electron chi connectivity index (χ0n) is 16.4. The van der Waals surface area contributed by atoms with Crippen molar-refractivity contribution in [1.82, 2.24) is 0 Å². The lowest BCUT2D eigenvalue weighted by molar-refractivity contribution is 0.102. The van der Waals surface area contributed by atoms with Crippen LogP contribution in [-0.2, 0) is 0 Å². The molecule has 0 bridgehead atoms. The fourth-order valence-corrected chi connectivity index (χ4v) is 3.57. The van der Waals surface area contributed by atoms with Crippen molar-refractivity contribution in [1.29, 1.82) is 0 Å². The fourth-order valence-electron chi connectivity index (χ4n) is 3.57. The number of anilines is 3. The molecule has 5 nitrogen and oxygen atoms in total. The molecule has 6 heteroatoms. The Hall–Kier alpha value is -3.67. The van der Waals surface area contributed by atoms with Crippen molar-refractivity contribution in [3.05, 3.63) is 89.7 Å². The van der Waals surface area contributed by atoms with E-state index in [0.717, 1.165) is 25.9 Å². The van der Waals surface area contributed by atoms with Gasteiger partial charge in [0.15, 0.2) is 0 Å². The molecule has 2 amide bonds. The normalized spacial score (nSPS) is 13.2. The van der Waals surface area contributed by atoms with E-state index in [-0.39, 0.29) is 11.7 Å². The van der Waals surface area contributed by atoms with E-state index in [1.54, 1.807) is 60.7 Å². The summed E-state index contributed by atoms with van der Waals surface area (Å²) in [6, 6.07) is 20.2. The van der Waals surface area contributed by atoms with Crippen LogP contribution in [0.5, 0.6) is 0 Å². The number of carbonyl (C=O) groups is 2. The first-order chi connectivity index (χ1) is 14.6. The third-order valence-corrected chi connectivity index (χ3v) is 5.11. The quantitative estimate of drug-likeness (QED) is 0.635. The summed E-state index contributed by atoms with van der Waals surface area (Å²) in [5.74, 6) is -1.09. The molecule has 0 atom stereocenters. The number of benzene rings is 3. The van der Waals surface area contributed by atoms with Gasteiger partial charge in [0.2, 0.25) is 0 Å². The molecule has 1 saturated heterocycles. The van der Waals surface area contributed by atoms with E-state index in [2.05, 4.69) is 10.6 Å². The third kappa shape index (κ3) is 4.33. The maximum atomic E-state index is 14.5. The maximum Gasteiger partial charge on any atom is 0.257 e. The number of halogens is 1. The average molecular weight is 403 g/mol. The average Bonchev–Trinajstić information content (AvgIpc) is 3.29. The summed E-state index contributed by atoms with van der Waals surface area (Å²) in [4.78, 5) is 27.3. The van der Waals surface area contributed by atoms with Crippen molar-refractivity contribution in [2.24, 2.45) is 0 Å². The van der Waals surface area contributed by atoms with Crippen LogP contribution in [0.15, 0.2) is 72.8 Å². The van der Waals surface area contributed by atoms with Gasteiger partial charge in [-0.15, -0.1) is 0 Å². The zero-order chi connectivity index (χ0) is 20.9. The molecule has 0 spiro atoms. The summed E-state index contributed by atoms with van der Waals surface area (Å²) < 4.78 is 14.5. The highest BCUT2D eigenvalue weighted by Gasteiger charge is 2.18. The highest BCUT2D eigenvalue weighted by Crippen LogP contribution is 2.27. The van der Waals surface area contributed by atoms with Gasteiger partial charge in [0.25, 0.3) is 11.8 Å². The van der Waals surface area contributed by atoms with E-state index in [4.69, 9.17) is 0 Å².